The van der Waals surface area contributed by atoms with Gasteiger partial charge >= 0.3 is 0 Å². The van der Waals surface area contributed by atoms with Gasteiger partial charge in [0.05, 0.1) is 0 Å². The van der Waals surface area contributed by atoms with E-state index in [9.17, 15) is 4.39 Å². The number of rotatable bonds is 3. The number of aromatic nitrogens is 2. The van der Waals surface area contributed by atoms with Crippen molar-refractivity contribution in [3.05, 3.63) is 77.4 Å². The maximum Gasteiger partial charge on any atom is 0.229 e. The van der Waals surface area contributed by atoms with Crippen molar-refractivity contribution in [1.29, 1.82) is 0 Å². The molecule has 0 radical (unpaired) electrons. The number of hydrogen-bond acceptors (Lipinski definition) is 4. The number of para-hydroxylation sites is 1. The summed E-state index contributed by atoms with van der Waals surface area (Å²) in [4.78, 5) is 18.1. The number of nitrogens with one attached hydrogen (secondary N) is 2. The average molecular weight is 478 g/mol. The van der Waals surface area contributed by atoms with E-state index in [4.69, 9.17) is 17.2 Å². The Kier molecular flexibility index (Phi) is 7.32. The van der Waals surface area contributed by atoms with Crippen LogP contribution in [0.15, 0.2) is 59.6 Å². The lowest BCUT2D eigenvalue weighted by Crippen LogP contribution is -2.51. The molecule has 0 spiro atoms. The zero-order valence-electron chi connectivity index (χ0n) is 19.5. The van der Waals surface area contributed by atoms with Crippen LogP contribution in [0.5, 0.6) is 0 Å². The van der Waals surface area contributed by atoms with E-state index in [1.165, 1.54) is 12.1 Å². The molecule has 0 bridgehead atoms. The molecule has 2 heterocycles. The average Bonchev–Trinajstić information content (AvgIpc) is 2.80. The molecule has 1 aromatic heterocycles. The highest BCUT2D eigenvalue weighted by Gasteiger charge is 2.22. The molecular weight excluding hydrogens is 449 g/mol. The smallest absolute Gasteiger partial charge is 0.229 e. The third kappa shape index (κ3) is 6.05. The van der Waals surface area contributed by atoms with Crippen molar-refractivity contribution >= 4 is 40.6 Å². The summed E-state index contributed by atoms with van der Waals surface area (Å²) < 4.78 is 13.3. The molecule has 2 aromatic carbocycles. The molecule has 9 heteroatoms. The van der Waals surface area contributed by atoms with Crippen molar-refractivity contribution < 1.29 is 4.39 Å². The van der Waals surface area contributed by atoms with Crippen molar-refractivity contribution in [3.8, 4) is 0 Å². The number of aliphatic imine (C=N–C) groups is 1. The molecule has 176 valence electrons. The minimum atomic E-state index is -0.232. The largest absolute Gasteiger partial charge is 0.368 e. The monoisotopic (exact) mass is 477 g/mol. The van der Waals surface area contributed by atoms with Crippen LogP contribution >= 0.6 is 12.2 Å². The van der Waals surface area contributed by atoms with E-state index in [2.05, 4.69) is 30.4 Å². The van der Waals surface area contributed by atoms with Gasteiger partial charge in [-0.2, -0.15) is 4.99 Å². The van der Waals surface area contributed by atoms with Crippen molar-refractivity contribution in [2.75, 3.05) is 41.7 Å². The van der Waals surface area contributed by atoms with Gasteiger partial charge in [0.1, 0.15) is 5.82 Å². The first-order chi connectivity index (χ1) is 16.4. The van der Waals surface area contributed by atoms with Gasteiger partial charge in [-0.3, -0.25) is 5.32 Å². The molecule has 1 fully saturated rings. The van der Waals surface area contributed by atoms with Crippen LogP contribution in [-0.2, 0) is 0 Å². The zero-order chi connectivity index (χ0) is 24.1. The van der Waals surface area contributed by atoms with Crippen LogP contribution in [-0.4, -0.2) is 52.1 Å². The number of anilines is 3. The number of halogens is 1. The number of nitrogens with zero attached hydrogens (tertiary/aromatic N) is 5. The molecule has 0 aliphatic carbocycles. The molecule has 0 amide bonds. The first-order valence-electron chi connectivity index (χ1n) is 11.2. The molecule has 1 saturated heterocycles. The van der Waals surface area contributed by atoms with Gasteiger partial charge in [0.25, 0.3) is 0 Å². The summed E-state index contributed by atoms with van der Waals surface area (Å²) in [5.74, 6) is 0.842. The number of benzene rings is 2. The van der Waals surface area contributed by atoms with Crippen LogP contribution in [0.4, 0.5) is 21.7 Å². The van der Waals surface area contributed by atoms with E-state index in [-0.39, 0.29) is 5.82 Å². The Bertz CT molecular complexity index is 1170. The molecular formula is C25H28FN7S. The minimum Gasteiger partial charge on any atom is -0.368 e. The van der Waals surface area contributed by atoms with Crippen LogP contribution in [0.1, 0.15) is 17.0 Å². The topological polar surface area (TPSA) is 68.7 Å². The standard InChI is InChI=1S/C25H28FN7S/c1-17-6-4-5-7-22(17)29-25(34)31-24(30-23-27-18(2)16-19(3)28-23)33-14-12-32(13-15-33)21-10-8-20(26)9-11-21/h4-11,16H,12-15H2,1-3H3,(H2,27,28,29,30,31,34). The van der Waals surface area contributed by atoms with E-state index >= 15 is 0 Å². The van der Waals surface area contributed by atoms with Gasteiger partial charge in [-0.15, -0.1) is 0 Å². The highest BCUT2D eigenvalue weighted by atomic mass is 32.1. The van der Waals surface area contributed by atoms with Crippen LogP contribution in [0.3, 0.4) is 0 Å². The van der Waals surface area contributed by atoms with Crippen molar-refractivity contribution in [2.45, 2.75) is 20.8 Å². The van der Waals surface area contributed by atoms with Crippen molar-refractivity contribution in [1.82, 2.24) is 14.9 Å². The van der Waals surface area contributed by atoms with E-state index in [0.717, 1.165) is 41.4 Å². The highest BCUT2D eigenvalue weighted by molar-refractivity contribution is 7.80. The molecule has 3 aromatic rings. The lowest BCUT2D eigenvalue weighted by atomic mass is 10.2. The highest BCUT2D eigenvalue weighted by Crippen LogP contribution is 2.18. The fourth-order valence-corrected chi connectivity index (χ4v) is 4.04. The first-order valence-corrected chi connectivity index (χ1v) is 11.6. The Morgan fingerprint density at radius 3 is 2.21 bits per heavy atom. The first kappa shape index (κ1) is 23.6. The van der Waals surface area contributed by atoms with Crippen molar-refractivity contribution in [2.24, 2.45) is 4.99 Å². The predicted octanol–water partition coefficient (Wildman–Crippen LogP) is 4.53. The Morgan fingerprint density at radius 2 is 1.56 bits per heavy atom. The van der Waals surface area contributed by atoms with E-state index in [1.807, 2.05) is 63.2 Å². The van der Waals surface area contributed by atoms with Gasteiger partial charge in [-0.05, 0) is 75.0 Å². The summed E-state index contributed by atoms with van der Waals surface area (Å²) >= 11 is 5.57. The Labute approximate surface area is 204 Å². The lowest BCUT2D eigenvalue weighted by Gasteiger charge is -2.37. The van der Waals surface area contributed by atoms with Gasteiger partial charge in [0.2, 0.25) is 17.0 Å². The van der Waals surface area contributed by atoms with Crippen LogP contribution < -0.4 is 15.5 Å². The molecule has 7 nitrogen and oxygen atoms in total. The molecule has 2 N–H and O–H groups in total. The quantitative estimate of drug-likeness (QED) is 0.326. The minimum absolute atomic E-state index is 0.232. The van der Waals surface area contributed by atoms with Crippen LogP contribution in [0, 0.1) is 26.6 Å². The van der Waals surface area contributed by atoms with Crippen LogP contribution in [0.25, 0.3) is 0 Å². The third-order valence-electron chi connectivity index (χ3n) is 5.57. The molecule has 4 rings (SSSR count). The molecule has 34 heavy (non-hydrogen) atoms. The third-order valence-corrected chi connectivity index (χ3v) is 5.76. The van der Waals surface area contributed by atoms with Gasteiger partial charge in [0, 0.05) is 48.9 Å². The lowest BCUT2D eigenvalue weighted by molar-refractivity contribution is 0.385. The number of thiocarbonyl (C=S) groups is 1. The second kappa shape index (κ2) is 10.6. The van der Waals surface area contributed by atoms with E-state index < -0.39 is 0 Å². The summed E-state index contributed by atoms with van der Waals surface area (Å²) in [6.45, 7) is 8.83. The van der Waals surface area contributed by atoms with Gasteiger partial charge in [0.15, 0.2) is 0 Å². The van der Waals surface area contributed by atoms with E-state index in [1.54, 1.807) is 0 Å². The Hall–Kier alpha value is -3.59. The second-order valence-corrected chi connectivity index (χ2v) is 8.62. The maximum atomic E-state index is 13.3. The molecule has 0 unspecified atom stereocenters. The second-order valence-electron chi connectivity index (χ2n) is 8.23. The summed E-state index contributed by atoms with van der Waals surface area (Å²) in [6.07, 6.45) is 0. The van der Waals surface area contributed by atoms with Crippen LogP contribution in [0.2, 0.25) is 0 Å². The number of aryl methyl sites for hydroxylation is 3. The number of guanidine groups is 1. The summed E-state index contributed by atoms with van der Waals surface area (Å²) in [5.41, 5.74) is 4.74. The summed E-state index contributed by atoms with van der Waals surface area (Å²) in [6, 6.07) is 16.5. The molecule has 1 aliphatic rings. The fourth-order valence-electron chi connectivity index (χ4n) is 3.84. The Balaban J connectivity index is 1.53. The normalized spacial score (nSPS) is 14.2. The van der Waals surface area contributed by atoms with Gasteiger partial charge in [-0.1, -0.05) is 18.2 Å². The van der Waals surface area contributed by atoms with Crippen molar-refractivity contribution in [3.63, 3.8) is 0 Å². The molecule has 0 atom stereocenters. The number of hydrogen-bond donors (Lipinski definition) is 2. The number of piperazine rings is 1. The fraction of sp³-hybridized carbons (Fsp3) is 0.280. The summed E-state index contributed by atoms with van der Waals surface area (Å²) in [5, 5.41) is 6.85. The summed E-state index contributed by atoms with van der Waals surface area (Å²) in [7, 11) is 0. The van der Waals surface area contributed by atoms with E-state index in [0.29, 0.717) is 30.1 Å². The predicted molar refractivity (Wildman–Crippen MR) is 140 cm³/mol. The van der Waals surface area contributed by atoms with Gasteiger partial charge < -0.3 is 15.1 Å². The maximum absolute atomic E-state index is 13.3. The van der Waals surface area contributed by atoms with Gasteiger partial charge in [-0.25, -0.2) is 14.4 Å². The SMILES string of the molecule is Cc1cc(C)nc(N/C(=N/C(=S)Nc2ccccc2C)N2CCN(c3ccc(F)cc3)CC2)n1. The molecule has 1 aliphatic heterocycles. The zero-order valence-corrected chi connectivity index (χ0v) is 20.4. The Morgan fingerprint density at radius 1 is 0.912 bits per heavy atom. The molecule has 0 saturated carbocycles.